The monoisotopic (exact) mass is 278 g/mol. The van der Waals surface area contributed by atoms with Gasteiger partial charge in [0.15, 0.2) is 11.5 Å². The van der Waals surface area contributed by atoms with E-state index in [1.165, 1.54) is 0 Å². The van der Waals surface area contributed by atoms with E-state index in [4.69, 9.17) is 9.47 Å². The third-order valence-corrected chi connectivity index (χ3v) is 3.51. The smallest absolute Gasteiger partial charge is 0.231 e. The van der Waals surface area contributed by atoms with E-state index in [-0.39, 0.29) is 6.79 Å². The van der Waals surface area contributed by atoms with Crippen LogP contribution in [0.2, 0.25) is 0 Å². The number of fused-ring (bicyclic) bond motifs is 2. The van der Waals surface area contributed by atoms with Crippen LogP contribution in [0.4, 0.5) is 11.4 Å². The lowest BCUT2D eigenvalue weighted by atomic mass is 10.1. The van der Waals surface area contributed by atoms with Gasteiger partial charge in [-0.15, -0.1) is 0 Å². The van der Waals surface area contributed by atoms with Gasteiger partial charge in [-0.1, -0.05) is 24.3 Å². The molecule has 1 N–H and O–H groups in total. The molecule has 1 aliphatic rings. The Balaban J connectivity index is 1.83. The molecular weight excluding hydrogens is 264 g/mol. The van der Waals surface area contributed by atoms with E-state index in [2.05, 4.69) is 16.4 Å². The van der Waals surface area contributed by atoms with Gasteiger partial charge in [-0.25, -0.2) is 0 Å². The van der Waals surface area contributed by atoms with Gasteiger partial charge in [0.25, 0.3) is 0 Å². The standard InChI is InChI=1S/C17H14N2O2/c1-11-9-15(12-5-2-3-6-13(12)18-11)19-14-7-4-8-16-17(14)21-10-20-16/h2-9H,10H2,1H3,(H,18,19). The molecule has 0 aliphatic carbocycles. The minimum absolute atomic E-state index is 0.268. The fourth-order valence-corrected chi connectivity index (χ4v) is 2.58. The zero-order valence-electron chi connectivity index (χ0n) is 11.6. The molecule has 4 rings (SSSR count). The third-order valence-electron chi connectivity index (χ3n) is 3.51. The lowest BCUT2D eigenvalue weighted by molar-refractivity contribution is 0.174. The average Bonchev–Trinajstić information content (AvgIpc) is 2.96. The maximum atomic E-state index is 5.54. The number of pyridine rings is 1. The van der Waals surface area contributed by atoms with Crippen LogP contribution in [0.5, 0.6) is 11.5 Å². The van der Waals surface area contributed by atoms with Crippen LogP contribution >= 0.6 is 0 Å². The summed E-state index contributed by atoms with van der Waals surface area (Å²) in [5, 5.41) is 4.53. The molecule has 0 amide bonds. The molecule has 0 atom stereocenters. The summed E-state index contributed by atoms with van der Waals surface area (Å²) in [4.78, 5) is 4.55. The summed E-state index contributed by atoms with van der Waals surface area (Å²) < 4.78 is 11.0. The second kappa shape index (κ2) is 4.66. The van der Waals surface area contributed by atoms with Crippen molar-refractivity contribution < 1.29 is 9.47 Å². The molecule has 4 heteroatoms. The number of ether oxygens (including phenoxy) is 2. The van der Waals surface area contributed by atoms with Crippen molar-refractivity contribution in [3.8, 4) is 11.5 Å². The predicted molar refractivity (Wildman–Crippen MR) is 82.3 cm³/mol. The van der Waals surface area contributed by atoms with Gasteiger partial charge >= 0.3 is 0 Å². The molecule has 0 saturated heterocycles. The van der Waals surface area contributed by atoms with Crippen molar-refractivity contribution in [3.63, 3.8) is 0 Å². The predicted octanol–water partition coefficient (Wildman–Crippen LogP) is 4.02. The Bertz CT molecular complexity index is 830. The molecule has 2 aromatic carbocycles. The minimum Gasteiger partial charge on any atom is -0.454 e. The second-order valence-electron chi connectivity index (χ2n) is 4.99. The molecule has 1 aliphatic heterocycles. The first kappa shape index (κ1) is 12.0. The fourth-order valence-electron chi connectivity index (χ4n) is 2.58. The summed E-state index contributed by atoms with van der Waals surface area (Å²) in [7, 11) is 0. The molecule has 4 nitrogen and oxygen atoms in total. The molecule has 1 aromatic heterocycles. The molecular formula is C17H14N2O2. The normalized spacial score (nSPS) is 12.6. The van der Waals surface area contributed by atoms with Crippen molar-refractivity contribution in [2.24, 2.45) is 0 Å². The Kier molecular flexibility index (Phi) is 2.67. The number of aromatic nitrogens is 1. The van der Waals surface area contributed by atoms with Crippen LogP contribution in [0.15, 0.2) is 48.5 Å². The molecule has 21 heavy (non-hydrogen) atoms. The van der Waals surface area contributed by atoms with E-state index in [0.29, 0.717) is 0 Å². The number of hydrogen-bond donors (Lipinski definition) is 1. The van der Waals surface area contributed by atoms with Crippen LogP contribution in [0.3, 0.4) is 0 Å². The highest BCUT2D eigenvalue weighted by Gasteiger charge is 2.17. The largest absolute Gasteiger partial charge is 0.454 e. The molecule has 0 bridgehead atoms. The Morgan fingerprint density at radius 3 is 2.86 bits per heavy atom. The van der Waals surface area contributed by atoms with Gasteiger partial charge < -0.3 is 14.8 Å². The number of anilines is 2. The maximum Gasteiger partial charge on any atom is 0.231 e. The van der Waals surface area contributed by atoms with Crippen LogP contribution in [0.25, 0.3) is 10.9 Å². The van der Waals surface area contributed by atoms with Crippen molar-refractivity contribution >= 4 is 22.3 Å². The Morgan fingerprint density at radius 2 is 1.90 bits per heavy atom. The van der Waals surface area contributed by atoms with E-state index in [1.807, 2.05) is 49.4 Å². The van der Waals surface area contributed by atoms with Crippen LogP contribution in [-0.4, -0.2) is 11.8 Å². The van der Waals surface area contributed by atoms with Gasteiger partial charge in [-0.2, -0.15) is 0 Å². The summed E-state index contributed by atoms with van der Waals surface area (Å²) in [5.41, 5.74) is 3.87. The van der Waals surface area contributed by atoms with E-state index in [0.717, 1.165) is 39.5 Å². The summed E-state index contributed by atoms with van der Waals surface area (Å²) in [6, 6.07) is 16.0. The van der Waals surface area contributed by atoms with E-state index >= 15 is 0 Å². The number of nitrogens with one attached hydrogen (secondary N) is 1. The highest BCUT2D eigenvalue weighted by molar-refractivity contribution is 5.94. The van der Waals surface area contributed by atoms with Gasteiger partial charge in [0.05, 0.1) is 11.2 Å². The summed E-state index contributed by atoms with van der Waals surface area (Å²) in [6.07, 6.45) is 0. The fraction of sp³-hybridized carbons (Fsp3) is 0.118. The Hall–Kier alpha value is -2.75. The van der Waals surface area contributed by atoms with E-state index in [9.17, 15) is 0 Å². The molecule has 0 spiro atoms. The van der Waals surface area contributed by atoms with Gasteiger partial charge in [0, 0.05) is 16.8 Å². The third kappa shape index (κ3) is 2.05. The SMILES string of the molecule is Cc1cc(Nc2cccc3c2OCO3)c2ccccc2n1. The first-order chi connectivity index (χ1) is 10.3. The number of benzene rings is 2. The zero-order chi connectivity index (χ0) is 14.2. The second-order valence-corrected chi connectivity index (χ2v) is 4.99. The molecule has 104 valence electrons. The van der Waals surface area contributed by atoms with Gasteiger partial charge in [0.1, 0.15) is 0 Å². The highest BCUT2D eigenvalue weighted by atomic mass is 16.7. The maximum absolute atomic E-state index is 5.54. The lowest BCUT2D eigenvalue weighted by Crippen LogP contribution is -1.97. The lowest BCUT2D eigenvalue weighted by Gasteiger charge is -2.12. The van der Waals surface area contributed by atoms with Gasteiger partial charge in [-0.05, 0) is 31.2 Å². The average molecular weight is 278 g/mol. The van der Waals surface area contributed by atoms with E-state index in [1.54, 1.807) is 0 Å². The number of nitrogens with zero attached hydrogens (tertiary/aromatic N) is 1. The number of para-hydroxylation sites is 2. The van der Waals surface area contributed by atoms with E-state index < -0.39 is 0 Å². The molecule has 2 heterocycles. The Labute approximate surface area is 122 Å². The highest BCUT2D eigenvalue weighted by Crippen LogP contribution is 2.40. The zero-order valence-corrected chi connectivity index (χ0v) is 11.6. The van der Waals surface area contributed by atoms with Gasteiger partial charge in [-0.3, -0.25) is 4.98 Å². The van der Waals surface area contributed by atoms with Crippen LogP contribution < -0.4 is 14.8 Å². The Morgan fingerprint density at radius 1 is 1.00 bits per heavy atom. The molecule has 3 aromatic rings. The summed E-state index contributed by atoms with van der Waals surface area (Å²) >= 11 is 0. The molecule has 0 fully saturated rings. The number of rotatable bonds is 2. The molecule has 0 radical (unpaired) electrons. The topological polar surface area (TPSA) is 43.4 Å². The van der Waals surface area contributed by atoms with Gasteiger partial charge in [0.2, 0.25) is 6.79 Å². The first-order valence-electron chi connectivity index (χ1n) is 6.83. The van der Waals surface area contributed by atoms with Crippen LogP contribution in [-0.2, 0) is 0 Å². The minimum atomic E-state index is 0.268. The van der Waals surface area contributed by atoms with Crippen LogP contribution in [0.1, 0.15) is 5.69 Å². The quantitative estimate of drug-likeness (QED) is 0.769. The summed E-state index contributed by atoms with van der Waals surface area (Å²) in [5.74, 6) is 1.53. The molecule has 0 unspecified atom stereocenters. The van der Waals surface area contributed by atoms with Crippen molar-refractivity contribution in [2.45, 2.75) is 6.92 Å². The van der Waals surface area contributed by atoms with Crippen molar-refractivity contribution in [1.29, 1.82) is 0 Å². The molecule has 0 saturated carbocycles. The number of aryl methyl sites for hydroxylation is 1. The van der Waals surface area contributed by atoms with Crippen molar-refractivity contribution in [2.75, 3.05) is 12.1 Å². The van der Waals surface area contributed by atoms with Crippen molar-refractivity contribution in [1.82, 2.24) is 4.98 Å². The van der Waals surface area contributed by atoms with Crippen molar-refractivity contribution in [3.05, 3.63) is 54.2 Å². The number of hydrogen-bond acceptors (Lipinski definition) is 4. The first-order valence-corrected chi connectivity index (χ1v) is 6.83. The summed E-state index contributed by atoms with van der Waals surface area (Å²) in [6.45, 7) is 2.26. The van der Waals surface area contributed by atoms with Crippen LogP contribution in [0, 0.1) is 6.92 Å².